The van der Waals surface area contributed by atoms with Crippen LogP contribution in [0.2, 0.25) is 0 Å². The zero-order chi connectivity index (χ0) is 20.1. The second-order valence-corrected chi connectivity index (χ2v) is 7.69. The highest BCUT2D eigenvalue weighted by molar-refractivity contribution is 7.17. The minimum Gasteiger partial charge on any atom is -0.369 e. The molecule has 29 heavy (non-hydrogen) atoms. The first-order valence-corrected chi connectivity index (χ1v) is 10.4. The number of aromatic nitrogens is 2. The van der Waals surface area contributed by atoms with Gasteiger partial charge in [-0.1, -0.05) is 60.7 Å². The van der Waals surface area contributed by atoms with E-state index < -0.39 is 0 Å². The Kier molecular flexibility index (Phi) is 5.81. The SMILES string of the molecule is CN(Cc1ccccc1)C(=O)CCNc1ncnc2scc(-c3ccccc3)c12. The maximum absolute atomic E-state index is 12.5. The number of benzene rings is 2. The molecule has 0 aliphatic heterocycles. The number of amides is 1. The molecule has 146 valence electrons. The van der Waals surface area contributed by atoms with E-state index in [2.05, 4.69) is 32.8 Å². The summed E-state index contributed by atoms with van der Waals surface area (Å²) in [4.78, 5) is 24.0. The third kappa shape index (κ3) is 4.43. The molecule has 0 aliphatic rings. The molecule has 0 radical (unpaired) electrons. The van der Waals surface area contributed by atoms with Crippen LogP contribution in [0.25, 0.3) is 21.3 Å². The Morgan fingerprint density at radius 3 is 2.52 bits per heavy atom. The van der Waals surface area contributed by atoms with Crippen LogP contribution in [-0.2, 0) is 11.3 Å². The normalized spacial score (nSPS) is 10.8. The van der Waals surface area contributed by atoms with Crippen LogP contribution < -0.4 is 5.32 Å². The van der Waals surface area contributed by atoms with Gasteiger partial charge in [-0.2, -0.15) is 0 Å². The Labute approximate surface area is 174 Å². The van der Waals surface area contributed by atoms with Gasteiger partial charge in [-0.15, -0.1) is 11.3 Å². The molecule has 0 spiro atoms. The van der Waals surface area contributed by atoms with Gasteiger partial charge in [0.1, 0.15) is 17.0 Å². The summed E-state index contributed by atoms with van der Waals surface area (Å²) < 4.78 is 0. The average Bonchev–Trinajstić information content (AvgIpc) is 3.20. The van der Waals surface area contributed by atoms with E-state index >= 15 is 0 Å². The van der Waals surface area contributed by atoms with Crippen molar-refractivity contribution in [2.24, 2.45) is 0 Å². The van der Waals surface area contributed by atoms with Gasteiger partial charge in [0.2, 0.25) is 5.91 Å². The van der Waals surface area contributed by atoms with Crippen LogP contribution in [0, 0.1) is 0 Å². The minimum atomic E-state index is 0.0975. The van der Waals surface area contributed by atoms with Crippen LogP contribution in [0.3, 0.4) is 0 Å². The van der Waals surface area contributed by atoms with Crippen LogP contribution in [0.4, 0.5) is 5.82 Å². The number of fused-ring (bicyclic) bond motifs is 1. The molecule has 2 aromatic heterocycles. The Morgan fingerprint density at radius 1 is 1.03 bits per heavy atom. The van der Waals surface area contributed by atoms with Gasteiger partial charge in [-0.05, 0) is 11.1 Å². The number of carbonyl (C=O) groups is 1. The molecule has 0 atom stereocenters. The Balaban J connectivity index is 1.43. The van der Waals surface area contributed by atoms with Gasteiger partial charge in [0.15, 0.2) is 0 Å². The van der Waals surface area contributed by atoms with Crippen molar-refractivity contribution < 1.29 is 4.79 Å². The summed E-state index contributed by atoms with van der Waals surface area (Å²) in [5.74, 6) is 0.869. The Bertz CT molecular complexity index is 1100. The maximum atomic E-state index is 12.5. The fraction of sp³-hybridized carbons (Fsp3) is 0.174. The van der Waals surface area contributed by atoms with Crippen molar-refractivity contribution in [2.75, 3.05) is 18.9 Å². The van der Waals surface area contributed by atoms with Gasteiger partial charge in [-0.3, -0.25) is 4.79 Å². The molecule has 6 heteroatoms. The second kappa shape index (κ2) is 8.84. The van der Waals surface area contributed by atoms with Crippen LogP contribution in [0.15, 0.2) is 72.4 Å². The molecule has 4 aromatic rings. The smallest absolute Gasteiger partial charge is 0.224 e. The third-order valence-corrected chi connectivity index (χ3v) is 5.66. The zero-order valence-corrected chi connectivity index (χ0v) is 17.0. The van der Waals surface area contributed by atoms with E-state index in [-0.39, 0.29) is 5.91 Å². The Hall–Kier alpha value is -3.25. The van der Waals surface area contributed by atoms with E-state index in [0.29, 0.717) is 19.5 Å². The van der Waals surface area contributed by atoms with Gasteiger partial charge in [0.25, 0.3) is 0 Å². The van der Waals surface area contributed by atoms with Crippen LogP contribution >= 0.6 is 11.3 Å². The highest BCUT2D eigenvalue weighted by Crippen LogP contribution is 2.36. The number of hydrogen-bond acceptors (Lipinski definition) is 5. The number of rotatable bonds is 7. The molecule has 2 aromatic carbocycles. The van der Waals surface area contributed by atoms with Crippen molar-refractivity contribution in [2.45, 2.75) is 13.0 Å². The number of anilines is 1. The molecule has 0 unspecified atom stereocenters. The van der Waals surface area contributed by atoms with Crippen molar-refractivity contribution in [3.63, 3.8) is 0 Å². The van der Waals surface area contributed by atoms with Crippen LogP contribution in [-0.4, -0.2) is 34.4 Å². The summed E-state index contributed by atoms with van der Waals surface area (Å²) >= 11 is 1.60. The number of nitrogens with one attached hydrogen (secondary N) is 1. The lowest BCUT2D eigenvalue weighted by Crippen LogP contribution is -2.27. The standard InChI is InChI=1S/C23H22N4OS/c1-27(14-17-8-4-2-5-9-17)20(28)12-13-24-22-21-19(18-10-6-3-7-11-18)15-29-23(21)26-16-25-22/h2-11,15-16H,12-14H2,1H3,(H,24,25,26). The molecular weight excluding hydrogens is 380 g/mol. The van der Waals surface area contributed by atoms with Crippen LogP contribution in [0.5, 0.6) is 0 Å². The molecule has 0 fully saturated rings. The molecule has 1 N–H and O–H groups in total. The molecule has 5 nitrogen and oxygen atoms in total. The summed E-state index contributed by atoms with van der Waals surface area (Å²) in [7, 11) is 1.84. The lowest BCUT2D eigenvalue weighted by atomic mass is 10.1. The van der Waals surface area contributed by atoms with Crippen molar-refractivity contribution in [1.82, 2.24) is 14.9 Å². The van der Waals surface area contributed by atoms with Gasteiger partial charge >= 0.3 is 0 Å². The fourth-order valence-corrected chi connectivity index (χ4v) is 4.18. The predicted octanol–water partition coefficient (Wildman–Crippen LogP) is 4.82. The van der Waals surface area contributed by atoms with Crippen molar-refractivity contribution in [3.8, 4) is 11.1 Å². The highest BCUT2D eigenvalue weighted by atomic mass is 32.1. The van der Waals surface area contributed by atoms with Crippen molar-refractivity contribution in [3.05, 3.63) is 77.9 Å². The van der Waals surface area contributed by atoms with Crippen LogP contribution in [0.1, 0.15) is 12.0 Å². The quantitative estimate of drug-likeness (QED) is 0.482. The number of hydrogen-bond donors (Lipinski definition) is 1. The molecule has 1 amide bonds. The maximum Gasteiger partial charge on any atom is 0.224 e. The zero-order valence-electron chi connectivity index (χ0n) is 16.2. The van der Waals surface area contributed by atoms with Gasteiger partial charge in [-0.25, -0.2) is 9.97 Å². The summed E-state index contributed by atoms with van der Waals surface area (Å²) in [6, 6.07) is 20.2. The van der Waals surface area contributed by atoms with E-state index in [1.54, 1.807) is 22.6 Å². The van der Waals surface area contributed by atoms with E-state index in [9.17, 15) is 4.79 Å². The monoisotopic (exact) mass is 402 g/mol. The minimum absolute atomic E-state index is 0.0975. The summed E-state index contributed by atoms with van der Waals surface area (Å²) in [6.07, 6.45) is 1.97. The van der Waals surface area contributed by atoms with E-state index in [0.717, 1.165) is 32.7 Å². The molecule has 0 saturated heterocycles. The molecule has 2 heterocycles. The number of nitrogens with zero attached hydrogens (tertiary/aromatic N) is 3. The van der Waals surface area contributed by atoms with Crippen molar-refractivity contribution in [1.29, 1.82) is 0 Å². The van der Waals surface area contributed by atoms with E-state index in [1.807, 2.05) is 55.6 Å². The molecule has 0 aliphatic carbocycles. The summed E-state index contributed by atoms with van der Waals surface area (Å²) in [6.45, 7) is 1.13. The van der Waals surface area contributed by atoms with Gasteiger partial charge < -0.3 is 10.2 Å². The number of thiophene rings is 1. The first-order valence-electron chi connectivity index (χ1n) is 9.52. The third-order valence-electron chi connectivity index (χ3n) is 4.77. The van der Waals surface area contributed by atoms with E-state index in [4.69, 9.17) is 0 Å². The average molecular weight is 403 g/mol. The lowest BCUT2D eigenvalue weighted by molar-refractivity contribution is -0.130. The van der Waals surface area contributed by atoms with Gasteiger partial charge in [0, 0.05) is 37.5 Å². The summed E-state index contributed by atoms with van der Waals surface area (Å²) in [5.41, 5.74) is 3.37. The van der Waals surface area contributed by atoms with Gasteiger partial charge in [0.05, 0.1) is 5.39 Å². The fourth-order valence-electron chi connectivity index (χ4n) is 3.26. The second-order valence-electron chi connectivity index (χ2n) is 6.83. The molecule has 0 saturated carbocycles. The molecule has 4 rings (SSSR count). The largest absolute Gasteiger partial charge is 0.369 e. The topological polar surface area (TPSA) is 58.1 Å². The van der Waals surface area contributed by atoms with Crippen molar-refractivity contribution >= 4 is 33.3 Å². The van der Waals surface area contributed by atoms with E-state index in [1.165, 1.54) is 0 Å². The summed E-state index contributed by atoms with van der Waals surface area (Å²) in [5, 5.41) is 6.46. The first-order chi connectivity index (χ1) is 14.2. The highest BCUT2D eigenvalue weighted by Gasteiger charge is 2.14. The lowest BCUT2D eigenvalue weighted by Gasteiger charge is -2.17. The molecule has 0 bridgehead atoms. The first kappa shape index (κ1) is 19.1. The predicted molar refractivity (Wildman–Crippen MR) is 119 cm³/mol. The Morgan fingerprint density at radius 2 is 1.76 bits per heavy atom. The number of carbonyl (C=O) groups excluding carboxylic acids is 1. The molecular formula is C23H22N4OS.